The number of hydrogen-bond acceptors (Lipinski definition) is 7. The molecule has 9 heteroatoms. The van der Waals surface area contributed by atoms with Crippen LogP contribution in [0.3, 0.4) is 0 Å². The van der Waals surface area contributed by atoms with Crippen LogP contribution >= 0.6 is 11.8 Å². The number of anilines is 2. The maximum Gasteiger partial charge on any atom is 0.277 e. The molecule has 2 aromatic rings. The first-order valence-corrected chi connectivity index (χ1v) is 9.67. The fraction of sp³-hybridized carbons (Fsp3) is 0.389. The molecule has 0 saturated heterocycles. The average molecular weight is 391 g/mol. The first kappa shape index (κ1) is 20.8. The smallest absolute Gasteiger partial charge is 0.277 e. The van der Waals surface area contributed by atoms with Gasteiger partial charge in [0.1, 0.15) is 11.4 Å². The first-order chi connectivity index (χ1) is 13.0. The number of nitrogens with one attached hydrogen (secondary N) is 2. The van der Waals surface area contributed by atoms with Crippen LogP contribution in [0.25, 0.3) is 0 Å². The van der Waals surface area contributed by atoms with Crippen molar-refractivity contribution >= 4 is 29.2 Å². The third-order valence-electron chi connectivity index (χ3n) is 4.06. The van der Waals surface area contributed by atoms with Crippen molar-refractivity contribution in [2.24, 2.45) is 0 Å². The van der Waals surface area contributed by atoms with E-state index >= 15 is 0 Å². The third kappa shape index (κ3) is 5.73. The average Bonchev–Trinajstić information content (AvgIpc) is 2.68. The van der Waals surface area contributed by atoms with Gasteiger partial charge >= 0.3 is 0 Å². The molecule has 2 rings (SSSR count). The molecule has 4 N–H and O–H groups in total. The van der Waals surface area contributed by atoms with Crippen LogP contribution < -0.4 is 21.3 Å². The molecule has 1 heterocycles. The number of H-pyrrole nitrogens is 1. The molecule has 8 nitrogen and oxygen atoms in total. The number of carbonyl (C=O) groups excluding carboxylic acids is 1. The minimum atomic E-state index is -0.477. The summed E-state index contributed by atoms with van der Waals surface area (Å²) in [4.78, 5) is 33.7. The van der Waals surface area contributed by atoms with Gasteiger partial charge in [-0.05, 0) is 37.4 Å². The second-order valence-electron chi connectivity index (χ2n) is 5.69. The molecular formula is C18H25N5O3S. The Balaban J connectivity index is 2.05. The topological polar surface area (TPSA) is 113 Å². The Morgan fingerprint density at radius 3 is 2.52 bits per heavy atom. The van der Waals surface area contributed by atoms with E-state index in [2.05, 4.69) is 34.0 Å². The lowest BCUT2D eigenvalue weighted by Crippen LogP contribution is -2.26. The second kappa shape index (κ2) is 9.98. The number of carbonyl (C=O) groups is 1. The molecule has 0 fully saturated rings. The minimum absolute atomic E-state index is 0.00838. The minimum Gasteiger partial charge on any atom is -0.497 e. The summed E-state index contributed by atoms with van der Waals surface area (Å²) in [6, 6.07) is 6.53. The number of nitrogen functional groups attached to an aromatic ring is 1. The molecule has 0 radical (unpaired) electrons. The number of hydrogen-bond donors (Lipinski definition) is 3. The Kier molecular flexibility index (Phi) is 7.68. The van der Waals surface area contributed by atoms with Crippen molar-refractivity contribution in [3.63, 3.8) is 0 Å². The molecule has 1 amide bonds. The molecule has 0 spiro atoms. The van der Waals surface area contributed by atoms with Gasteiger partial charge < -0.3 is 20.7 Å². The van der Waals surface area contributed by atoms with Crippen LogP contribution in [-0.4, -0.2) is 53.3 Å². The van der Waals surface area contributed by atoms with Gasteiger partial charge in [-0.1, -0.05) is 25.6 Å². The number of amides is 1. The van der Waals surface area contributed by atoms with Crippen molar-refractivity contribution in [1.82, 2.24) is 14.9 Å². The number of benzene rings is 1. The molecule has 0 aliphatic carbocycles. The van der Waals surface area contributed by atoms with E-state index in [4.69, 9.17) is 10.5 Å². The van der Waals surface area contributed by atoms with Gasteiger partial charge in [0.15, 0.2) is 11.0 Å². The SMILES string of the molecule is CCN(CC)CCSc1nc(N)c(NC(=O)c2ccc(OC)cc2)c(=O)[nH]1. The predicted octanol–water partition coefficient (Wildman–Crippen LogP) is 2.05. The summed E-state index contributed by atoms with van der Waals surface area (Å²) < 4.78 is 5.06. The second-order valence-corrected chi connectivity index (χ2v) is 6.77. The van der Waals surface area contributed by atoms with Gasteiger partial charge in [-0.3, -0.25) is 14.6 Å². The van der Waals surface area contributed by atoms with Crippen LogP contribution in [0, 0.1) is 0 Å². The van der Waals surface area contributed by atoms with Crippen LogP contribution in [-0.2, 0) is 0 Å². The maximum absolute atomic E-state index is 12.3. The van der Waals surface area contributed by atoms with Crippen molar-refractivity contribution in [3.05, 3.63) is 40.2 Å². The highest BCUT2D eigenvalue weighted by molar-refractivity contribution is 7.99. The summed E-state index contributed by atoms with van der Waals surface area (Å²) >= 11 is 1.42. The van der Waals surface area contributed by atoms with E-state index in [-0.39, 0.29) is 11.5 Å². The van der Waals surface area contributed by atoms with E-state index in [9.17, 15) is 9.59 Å². The van der Waals surface area contributed by atoms with Crippen molar-refractivity contribution in [2.75, 3.05) is 43.5 Å². The van der Waals surface area contributed by atoms with Gasteiger partial charge in [0.2, 0.25) is 0 Å². The highest BCUT2D eigenvalue weighted by atomic mass is 32.2. The summed E-state index contributed by atoms with van der Waals surface area (Å²) in [5.74, 6) is 0.961. The Morgan fingerprint density at radius 2 is 1.96 bits per heavy atom. The summed E-state index contributed by atoms with van der Waals surface area (Å²) in [5.41, 5.74) is 5.74. The molecular weight excluding hydrogens is 366 g/mol. The van der Waals surface area contributed by atoms with Crippen LogP contribution in [0.2, 0.25) is 0 Å². The number of nitrogens with two attached hydrogens (primary N) is 1. The van der Waals surface area contributed by atoms with Crippen LogP contribution in [0.15, 0.2) is 34.2 Å². The number of aromatic nitrogens is 2. The van der Waals surface area contributed by atoms with Gasteiger partial charge in [0.05, 0.1) is 7.11 Å². The van der Waals surface area contributed by atoms with E-state index in [1.165, 1.54) is 11.8 Å². The fourth-order valence-corrected chi connectivity index (χ4v) is 3.27. The van der Waals surface area contributed by atoms with Gasteiger partial charge in [0.25, 0.3) is 11.5 Å². The van der Waals surface area contributed by atoms with E-state index < -0.39 is 11.5 Å². The number of ether oxygens (including phenoxy) is 1. The highest BCUT2D eigenvalue weighted by Gasteiger charge is 2.14. The normalized spacial score (nSPS) is 10.8. The molecule has 0 bridgehead atoms. The fourth-order valence-electron chi connectivity index (χ4n) is 2.40. The summed E-state index contributed by atoms with van der Waals surface area (Å²) in [6.07, 6.45) is 0. The zero-order valence-corrected chi connectivity index (χ0v) is 16.6. The van der Waals surface area contributed by atoms with E-state index in [0.717, 1.165) is 25.4 Å². The number of rotatable bonds is 9. The summed E-state index contributed by atoms with van der Waals surface area (Å²) in [6.45, 7) is 7.04. The monoisotopic (exact) mass is 391 g/mol. The van der Waals surface area contributed by atoms with Gasteiger partial charge in [-0.2, -0.15) is 0 Å². The van der Waals surface area contributed by atoms with Crippen molar-refractivity contribution < 1.29 is 9.53 Å². The molecule has 146 valence electrons. The molecule has 0 aliphatic rings. The first-order valence-electron chi connectivity index (χ1n) is 8.68. The third-order valence-corrected chi connectivity index (χ3v) is 4.91. The Bertz CT molecular complexity index is 819. The Labute approximate surface area is 162 Å². The molecule has 27 heavy (non-hydrogen) atoms. The molecule has 0 atom stereocenters. The number of nitrogens with zero attached hydrogens (tertiary/aromatic N) is 2. The number of methoxy groups -OCH3 is 1. The van der Waals surface area contributed by atoms with Crippen molar-refractivity contribution in [3.8, 4) is 5.75 Å². The predicted molar refractivity (Wildman–Crippen MR) is 109 cm³/mol. The largest absolute Gasteiger partial charge is 0.497 e. The van der Waals surface area contributed by atoms with Gasteiger partial charge in [-0.15, -0.1) is 0 Å². The van der Waals surface area contributed by atoms with E-state index in [0.29, 0.717) is 16.5 Å². The molecule has 1 aromatic heterocycles. The quantitative estimate of drug-likeness (QED) is 0.443. The standard InChI is InChI=1S/C18H25N5O3S/c1-4-23(5-2)10-11-27-18-21-15(19)14(17(25)22-18)20-16(24)12-6-8-13(26-3)9-7-12/h6-9H,4-5,10-11H2,1-3H3,(H,20,24)(H3,19,21,22,25). The molecule has 0 saturated carbocycles. The van der Waals surface area contributed by atoms with Crippen LogP contribution in [0.1, 0.15) is 24.2 Å². The van der Waals surface area contributed by atoms with Gasteiger partial charge in [-0.25, -0.2) is 4.98 Å². The lowest BCUT2D eigenvalue weighted by atomic mass is 10.2. The lowest BCUT2D eigenvalue weighted by molar-refractivity contribution is 0.102. The number of aromatic amines is 1. The summed E-state index contributed by atoms with van der Waals surface area (Å²) in [5, 5.41) is 2.96. The number of thioether (sulfide) groups is 1. The van der Waals surface area contributed by atoms with Crippen LogP contribution in [0.5, 0.6) is 5.75 Å². The highest BCUT2D eigenvalue weighted by Crippen LogP contribution is 2.18. The lowest BCUT2D eigenvalue weighted by Gasteiger charge is -2.17. The Hall–Kier alpha value is -2.52. The van der Waals surface area contributed by atoms with E-state index in [1.807, 2.05) is 0 Å². The van der Waals surface area contributed by atoms with Crippen LogP contribution in [0.4, 0.5) is 11.5 Å². The molecule has 0 unspecified atom stereocenters. The molecule has 1 aromatic carbocycles. The summed E-state index contributed by atoms with van der Waals surface area (Å²) in [7, 11) is 1.54. The Morgan fingerprint density at radius 1 is 1.30 bits per heavy atom. The van der Waals surface area contributed by atoms with Crippen molar-refractivity contribution in [2.45, 2.75) is 19.0 Å². The maximum atomic E-state index is 12.3. The van der Waals surface area contributed by atoms with E-state index in [1.54, 1.807) is 31.4 Å². The molecule has 0 aliphatic heterocycles. The zero-order valence-electron chi connectivity index (χ0n) is 15.7. The van der Waals surface area contributed by atoms with Gasteiger partial charge in [0, 0.05) is 17.9 Å². The van der Waals surface area contributed by atoms with Crippen molar-refractivity contribution in [1.29, 1.82) is 0 Å². The zero-order chi connectivity index (χ0) is 19.8.